The molecule has 1 spiro atoms. The summed E-state index contributed by atoms with van der Waals surface area (Å²) < 4.78 is 1.80. The van der Waals surface area contributed by atoms with Gasteiger partial charge in [-0.05, 0) is 43.2 Å². The van der Waals surface area contributed by atoms with Crippen molar-refractivity contribution in [2.75, 3.05) is 0 Å². The molecular formula is C17H18N2O2. The number of benzene rings is 1. The van der Waals surface area contributed by atoms with E-state index in [1.165, 1.54) is 0 Å². The fourth-order valence-corrected chi connectivity index (χ4v) is 3.95. The van der Waals surface area contributed by atoms with Gasteiger partial charge in [0.15, 0.2) is 0 Å². The minimum atomic E-state index is 0.0623. The first kappa shape index (κ1) is 12.7. The number of ketones is 1. The van der Waals surface area contributed by atoms with Crippen LogP contribution in [-0.4, -0.2) is 15.3 Å². The van der Waals surface area contributed by atoms with E-state index in [2.05, 4.69) is 4.98 Å². The summed E-state index contributed by atoms with van der Waals surface area (Å²) in [7, 11) is 0. The second-order valence-electron chi connectivity index (χ2n) is 6.57. The third-order valence-corrected chi connectivity index (χ3v) is 5.29. The highest BCUT2D eigenvalue weighted by atomic mass is 16.1. The van der Waals surface area contributed by atoms with Crippen molar-refractivity contribution in [3.63, 3.8) is 0 Å². The molecule has 0 atom stereocenters. The van der Waals surface area contributed by atoms with Crippen LogP contribution >= 0.6 is 0 Å². The number of Topliss-reactive ketones (excluding diaryl/α,β-unsaturated/α-hetero) is 1. The molecule has 0 unspecified atom stereocenters. The Morgan fingerprint density at radius 2 is 1.81 bits per heavy atom. The monoisotopic (exact) mass is 282 g/mol. The van der Waals surface area contributed by atoms with Crippen LogP contribution in [0, 0.1) is 5.41 Å². The van der Waals surface area contributed by atoms with Gasteiger partial charge in [-0.15, -0.1) is 0 Å². The van der Waals surface area contributed by atoms with E-state index >= 15 is 0 Å². The molecule has 2 aliphatic rings. The van der Waals surface area contributed by atoms with Crippen molar-refractivity contribution in [2.24, 2.45) is 5.41 Å². The Bertz CT molecular complexity index is 760. The molecule has 1 heterocycles. The average Bonchev–Trinajstić information content (AvgIpc) is 2.47. The maximum absolute atomic E-state index is 12.6. The minimum Gasteiger partial charge on any atom is -0.300 e. The maximum Gasteiger partial charge on any atom is 0.261 e. The Balaban J connectivity index is 1.60. The molecule has 108 valence electrons. The summed E-state index contributed by atoms with van der Waals surface area (Å²) in [5.74, 6) is 0.397. The first-order valence-corrected chi connectivity index (χ1v) is 7.65. The smallest absolute Gasteiger partial charge is 0.261 e. The van der Waals surface area contributed by atoms with Gasteiger partial charge < -0.3 is 0 Å². The van der Waals surface area contributed by atoms with E-state index in [9.17, 15) is 9.59 Å². The summed E-state index contributed by atoms with van der Waals surface area (Å²) >= 11 is 0. The molecule has 1 aromatic carbocycles. The number of hydrogen-bond donors (Lipinski definition) is 0. The minimum absolute atomic E-state index is 0.0623. The van der Waals surface area contributed by atoms with Crippen LogP contribution in [0.1, 0.15) is 44.6 Å². The lowest BCUT2D eigenvalue weighted by molar-refractivity contribution is -0.124. The van der Waals surface area contributed by atoms with E-state index in [1.54, 1.807) is 10.9 Å². The zero-order valence-electron chi connectivity index (χ0n) is 11.9. The van der Waals surface area contributed by atoms with Crippen molar-refractivity contribution in [2.45, 2.75) is 44.6 Å². The van der Waals surface area contributed by atoms with Gasteiger partial charge in [-0.25, -0.2) is 4.98 Å². The van der Waals surface area contributed by atoms with Crippen LogP contribution in [0.2, 0.25) is 0 Å². The number of para-hydroxylation sites is 1. The fourth-order valence-electron chi connectivity index (χ4n) is 3.95. The number of hydrogen-bond acceptors (Lipinski definition) is 3. The maximum atomic E-state index is 12.6. The average molecular weight is 282 g/mol. The number of carbonyl (C=O) groups excluding carboxylic acids is 1. The molecule has 0 aliphatic heterocycles. The Hall–Kier alpha value is -1.97. The summed E-state index contributed by atoms with van der Waals surface area (Å²) in [6.07, 6.45) is 7.15. The van der Waals surface area contributed by atoms with Crippen LogP contribution in [0.15, 0.2) is 35.4 Å². The lowest BCUT2D eigenvalue weighted by atomic mass is 9.58. The predicted octanol–water partition coefficient (Wildman–Crippen LogP) is 2.86. The topological polar surface area (TPSA) is 52.0 Å². The van der Waals surface area contributed by atoms with Crippen LogP contribution in [0.3, 0.4) is 0 Å². The molecule has 21 heavy (non-hydrogen) atoms. The first-order valence-electron chi connectivity index (χ1n) is 7.65. The van der Waals surface area contributed by atoms with Crippen LogP contribution in [0.4, 0.5) is 0 Å². The highest BCUT2D eigenvalue weighted by Crippen LogP contribution is 2.55. The van der Waals surface area contributed by atoms with Crippen LogP contribution in [-0.2, 0) is 4.79 Å². The second-order valence-corrected chi connectivity index (χ2v) is 6.57. The Kier molecular flexibility index (Phi) is 2.74. The van der Waals surface area contributed by atoms with Crippen molar-refractivity contribution >= 4 is 16.7 Å². The zero-order chi connectivity index (χ0) is 14.4. The molecule has 2 aliphatic carbocycles. The standard InChI is InChI=1S/C17H18N2O2/c20-13-5-7-17(8-6-13)9-12(10-17)19-11-18-15-4-2-1-3-14(15)16(19)21/h1-4,11-12H,5-10H2. The summed E-state index contributed by atoms with van der Waals surface area (Å²) in [5.41, 5.74) is 1.13. The van der Waals surface area contributed by atoms with E-state index in [1.807, 2.05) is 24.3 Å². The fraction of sp³-hybridized carbons (Fsp3) is 0.471. The zero-order valence-corrected chi connectivity index (χ0v) is 11.9. The number of rotatable bonds is 1. The summed E-state index contributed by atoms with van der Waals surface area (Å²) in [4.78, 5) is 28.3. The molecular weight excluding hydrogens is 264 g/mol. The molecule has 0 amide bonds. The lowest BCUT2D eigenvalue weighted by Crippen LogP contribution is -2.44. The van der Waals surface area contributed by atoms with Gasteiger partial charge in [0.1, 0.15) is 5.78 Å². The van der Waals surface area contributed by atoms with E-state index in [0.29, 0.717) is 16.6 Å². The number of aromatic nitrogens is 2. The van der Waals surface area contributed by atoms with Gasteiger partial charge in [-0.1, -0.05) is 12.1 Å². The molecule has 2 fully saturated rings. The van der Waals surface area contributed by atoms with Crippen molar-refractivity contribution in [1.82, 2.24) is 9.55 Å². The van der Waals surface area contributed by atoms with Crippen molar-refractivity contribution < 1.29 is 4.79 Å². The molecule has 1 aromatic heterocycles. The third kappa shape index (κ3) is 2.01. The third-order valence-electron chi connectivity index (χ3n) is 5.29. The second kappa shape index (κ2) is 4.52. The number of fused-ring (bicyclic) bond motifs is 1. The Morgan fingerprint density at radius 1 is 1.10 bits per heavy atom. The van der Waals surface area contributed by atoms with Crippen LogP contribution < -0.4 is 5.56 Å². The normalized spacial score (nSPS) is 21.6. The van der Waals surface area contributed by atoms with Gasteiger partial charge in [-0.2, -0.15) is 0 Å². The van der Waals surface area contributed by atoms with E-state index in [-0.39, 0.29) is 11.6 Å². The molecule has 2 aromatic rings. The van der Waals surface area contributed by atoms with Gasteiger partial charge in [-0.3, -0.25) is 14.2 Å². The van der Waals surface area contributed by atoms with Gasteiger partial charge in [0.2, 0.25) is 0 Å². The quantitative estimate of drug-likeness (QED) is 0.808. The number of nitrogens with zero attached hydrogens (tertiary/aromatic N) is 2. The van der Waals surface area contributed by atoms with Crippen LogP contribution in [0.25, 0.3) is 10.9 Å². The van der Waals surface area contributed by atoms with E-state index in [4.69, 9.17) is 0 Å². The summed E-state index contributed by atoms with van der Waals surface area (Å²) in [6.45, 7) is 0. The molecule has 4 rings (SSSR count). The summed E-state index contributed by atoms with van der Waals surface area (Å²) in [6, 6.07) is 7.74. The highest BCUT2D eigenvalue weighted by Gasteiger charge is 2.46. The Labute approximate surface area is 122 Å². The largest absolute Gasteiger partial charge is 0.300 e. The van der Waals surface area contributed by atoms with Crippen molar-refractivity contribution in [1.29, 1.82) is 0 Å². The van der Waals surface area contributed by atoms with Gasteiger partial charge in [0.25, 0.3) is 5.56 Å². The summed E-state index contributed by atoms with van der Waals surface area (Å²) in [5, 5.41) is 0.694. The van der Waals surface area contributed by atoms with Gasteiger partial charge in [0.05, 0.1) is 17.2 Å². The predicted molar refractivity (Wildman–Crippen MR) is 80.2 cm³/mol. The Morgan fingerprint density at radius 3 is 2.57 bits per heavy atom. The molecule has 4 heteroatoms. The molecule has 2 saturated carbocycles. The van der Waals surface area contributed by atoms with E-state index < -0.39 is 0 Å². The van der Waals surface area contributed by atoms with Gasteiger partial charge in [0, 0.05) is 18.9 Å². The first-order chi connectivity index (χ1) is 10.2. The molecule has 4 nitrogen and oxygen atoms in total. The van der Waals surface area contributed by atoms with Crippen molar-refractivity contribution in [3.8, 4) is 0 Å². The molecule has 0 radical (unpaired) electrons. The van der Waals surface area contributed by atoms with E-state index in [0.717, 1.165) is 44.0 Å². The molecule has 0 bridgehead atoms. The van der Waals surface area contributed by atoms with Crippen molar-refractivity contribution in [3.05, 3.63) is 40.9 Å². The lowest BCUT2D eigenvalue weighted by Gasteiger charge is -2.50. The van der Waals surface area contributed by atoms with Crippen LogP contribution in [0.5, 0.6) is 0 Å². The molecule has 0 saturated heterocycles. The highest BCUT2D eigenvalue weighted by molar-refractivity contribution is 5.79. The van der Waals surface area contributed by atoms with Gasteiger partial charge >= 0.3 is 0 Å². The number of carbonyl (C=O) groups is 1. The SMILES string of the molecule is O=C1CCC2(CC1)CC(n1cnc3ccccc3c1=O)C2. The molecule has 0 N–H and O–H groups in total.